The second kappa shape index (κ2) is 19.8. The molecule has 0 aliphatic rings. The van der Waals surface area contributed by atoms with Gasteiger partial charge in [-0.05, 0) is 86.5 Å². The monoisotopic (exact) mass is 875 g/mol. The van der Waals surface area contributed by atoms with Crippen LogP contribution in [0, 0.1) is 19.7 Å². The zero-order valence-corrected chi connectivity index (χ0v) is 34.8. The molecule has 0 heterocycles. The van der Waals surface area contributed by atoms with Gasteiger partial charge in [-0.25, -0.2) is 21.2 Å². The van der Waals surface area contributed by atoms with Crippen LogP contribution in [0.4, 0.5) is 27.1 Å². The van der Waals surface area contributed by atoms with E-state index in [1.807, 2.05) is 0 Å². The number of anilines is 4. The SMILES string of the molecule is CCC(C(=O)Nc1cc(O)c(NC(C)=O)cc1F)S(=O)(=O)c1ccc(C)cc1.Cc1cccc(S(=O)(=O)CC(=O)Nc2ccc(NC(=O)c3ccc(C(N)=O)cc3)c(O)c2)c1. The lowest BCUT2D eigenvalue weighted by Crippen LogP contribution is -2.35. The number of primary amides is 1. The predicted octanol–water partition coefficient (Wildman–Crippen LogP) is 5.45. The fourth-order valence-electron chi connectivity index (χ4n) is 5.56. The number of nitrogens with two attached hydrogens (primary N) is 1. The number of amides is 5. The summed E-state index contributed by atoms with van der Waals surface area (Å²) in [6, 6.07) is 23.6. The molecule has 0 saturated heterocycles. The molecule has 320 valence electrons. The van der Waals surface area contributed by atoms with E-state index in [1.165, 1.54) is 80.6 Å². The molecule has 1 atom stereocenters. The number of hydrogen-bond acceptors (Lipinski definition) is 11. The third kappa shape index (κ3) is 12.4. The first kappa shape index (κ1) is 46.6. The molecule has 0 saturated carbocycles. The summed E-state index contributed by atoms with van der Waals surface area (Å²) in [4.78, 5) is 59.3. The average molecular weight is 876 g/mol. The van der Waals surface area contributed by atoms with E-state index in [2.05, 4.69) is 21.3 Å². The topological polar surface area (TPSA) is 268 Å². The molecule has 16 nitrogen and oxygen atoms in total. The van der Waals surface area contributed by atoms with Crippen LogP contribution in [0.1, 0.15) is 52.1 Å². The van der Waals surface area contributed by atoms with Crippen LogP contribution in [0.2, 0.25) is 0 Å². The average Bonchev–Trinajstić information content (AvgIpc) is 3.18. The van der Waals surface area contributed by atoms with Crippen LogP contribution in [0.15, 0.2) is 113 Å². The summed E-state index contributed by atoms with van der Waals surface area (Å²) in [5.74, 6) is -5.88. The maximum absolute atomic E-state index is 14.2. The Morgan fingerprint density at radius 2 is 1.30 bits per heavy atom. The summed E-state index contributed by atoms with van der Waals surface area (Å²) >= 11 is 0. The lowest BCUT2D eigenvalue weighted by atomic mass is 10.1. The Labute approximate surface area is 350 Å². The number of carbonyl (C=O) groups is 5. The van der Waals surface area contributed by atoms with E-state index in [1.54, 1.807) is 38.1 Å². The molecular formula is C42H42FN5O11S2. The number of aromatic hydroxyl groups is 2. The Morgan fingerprint density at radius 3 is 1.87 bits per heavy atom. The van der Waals surface area contributed by atoms with Crippen molar-refractivity contribution in [1.29, 1.82) is 0 Å². The Hall–Kier alpha value is -7.12. The van der Waals surface area contributed by atoms with Crippen LogP contribution in [0.3, 0.4) is 0 Å². The summed E-state index contributed by atoms with van der Waals surface area (Å²) < 4.78 is 64.7. The van der Waals surface area contributed by atoms with E-state index < -0.39 is 77.5 Å². The highest BCUT2D eigenvalue weighted by Gasteiger charge is 2.33. The van der Waals surface area contributed by atoms with E-state index in [4.69, 9.17) is 5.73 Å². The Bertz CT molecular complexity index is 2710. The number of hydrogen-bond donors (Lipinski definition) is 7. The molecule has 5 aromatic carbocycles. The van der Waals surface area contributed by atoms with Gasteiger partial charge >= 0.3 is 0 Å². The smallest absolute Gasteiger partial charge is 0.255 e. The first-order valence-electron chi connectivity index (χ1n) is 18.2. The number of nitrogens with one attached hydrogen (secondary N) is 4. The first-order chi connectivity index (χ1) is 28.6. The van der Waals surface area contributed by atoms with Gasteiger partial charge in [0.25, 0.3) is 5.91 Å². The zero-order valence-electron chi connectivity index (χ0n) is 33.1. The normalized spacial score (nSPS) is 11.6. The van der Waals surface area contributed by atoms with E-state index in [0.29, 0.717) is 0 Å². The van der Waals surface area contributed by atoms with Gasteiger partial charge in [-0.15, -0.1) is 0 Å². The highest BCUT2D eigenvalue weighted by atomic mass is 32.2. The number of phenolic OH excluding ortho intramolecular Hbond substituents is 2. The minimum absolute atomic E-state index is 0.00979. The predicted molar refractivity (Wildman–Crippen MR) is 226 cm³/mol. The molecule has 8 N–H and O–H groups in total. The quantitative estimate of drug-likeness (QED) is 0.0731. The number of sulfone groups is 2. The van der Waals surface area contributed by atoms with Crippen molar-refractivity contribution in [2.24, 2.45) is 5.73 Å². The van der Waals surface area contributed by atoms with Gasteiger partial charge in [0, 0.05) is 41.9 Å². The minimum Gasteiger partial charge on any atom is -0.506 e. The van der Waals surface area contributed by atoms with Gasteiger partial charge in [-0.1, -0.05) is 36.8 Å². The van der Waals surface area contributed by atoms with Crippen molar-refractivity contribution in [3.05, 3.63) is 131 Å². The number of rotatable bonds is 13. The molecule has 5 amide bonds. The van der Waals surface area contributed by atoms with Gasteiger partial charge in [-0.2, -0.15) is 0 Å². The summed E-state index contributed by atoms with van der Waals surface area (Å²) in [6.07, 6.45) is -0.0282. The summed E-state index contributed by atoms with van der Waals surface area (Å²) in [7, 11) is -7.82. The van der Waals surface area contributed by atoms with E-state index >= 15 is 0 Å². The lowest BCUT2D eigenvalue weighted by molar-refractivity contribution is -0.116. The van der Waals surface area contributed by atoms with Gasteiger partial charge in [0.15, 0.2) is 19.7 Å². The van der Waals surface area contributed by atoms with Crippen LogP contribution in [0.5, 0.6) is 11.5 Å². The summed E-state index contributed by atoms with van der Waals surface area (Å²) in [5.41, 5.74) is 6.94. The number of aryl methyl sites for hydroxylation is 2. The van der Waals surface area contributed by atoms with Crippen LogP contribution in [-0.4, -0.2) is 67.6 Å². The third-order valence-electron chi connectivity index (χ3n) is 8.67. The van der Waals surface area contributed by atoms with E-state index in [9.17, 15) is 55.4 Å². The largest absolute Gasteiger partial charge is 0.506 e. The van der Waals surface area contributed by atoms with Crippen LogP contribution in [-0.2, 0) is 34.1 Å². The maximum Gasteiger partial charge on any atom is 0.255 e. The van der Waals surface area contributed by atoms with Crippen molar-refractivity contribution in [2.45, 2.75) is 49.2 Å². The van der Waals surface area contributed by atoms with Crippen molar-refractivity contribution in [3.8, 4) is 11.5 Å². The van der Waals surface area contributed by atoms with Crippen LogP contribution < -0.4 is 27.0 Å². The van der Waals surface area contributed by atoms with Crippen molar-refractivity contribution < 1.29 is 55.4 Å². The zero-order chi connectivity index (χ0) is 45.2. The molecule has 0 aliphatic carbocycles. The molecular weight excluding hydrogens is 834 g/mol. The Morgan fingerprint density at radius 1 is 0.672 bits per heavy atom. The standard InChI is InChI=1S/C23H21N3O6S.C19H21FN2O5S/c1-14-3-2-4-18(11-14)33(31,32)13-21(28)25-17-9-10-19(20(27)12-17)26-23(30)16-7-5-15(6-8-16)22(24)29;1-4-18(28(26,27)13-7-5-11(2)6-8-13)19(25)22-15-10-17(24)16(9-14(15)20)21-12(3)23/h2-12,27H,13H2,1H3,(H2,24,29)(H,25,28)(H,26,30);5-10,18,24H,4H2,1-3H3,(H,21,23)(H,22,25). The molecule has 0 radical (unpaired) electrons. The number of phenols is 2. The molecule has 0 fully saturated rings. The van der Waals surface area contributed by atoms with Gasteiger partial charge < -0.3 is 37.2 Å². The molecule has 19 heteroatoms. The maximum atomic E-state index is 14.2. The molecule has 0 aromatic heterocycles. The first-order valence-corrected chi connectivity index (χ1v) is 21.4. The molecule has 61 heavy (non-hydrogen) atoms. The molecule has 5 aromatic rings. The Kier molecular flexibility index (Phi) is 15.1. The molecule has 5 rings (SSSR count). The van der Waals surface area contributed by atoms with Gasteiger partial charge in [0.1, 0.15) is 28.3 Å². The van der Waals surface area contributed by atoms with Gasteiger partial charge in [0.05, 0.1) is 26.9 Å². The van der Waals surface area contributed by atoms with Crippen LogP contribution in [0.25, 0.3) is 0 Å². The van der Waals surface area contributed by atoms with Crippen molar-refractivity contribution in [2.75, 3.05) is 27.0 Å². The van der Waals surface area contributed by atoms with E-state index in [0.717, 1.165) is 23.3 Å². The highest BCUT2D eigenvalue weighted by molar-refractivity contribution is 7.93. The third-order valence-corrected chi connectivity index (χ3v) is 12.5. The fraction of sp³-hybridized carbons (Fsp3) is 0.167. The molecule has 0 spiro atoms. The minimum atomic E-state index is -3.99. The molecule has 0 bridgehead atoms. The van der Waals surface area contributed by atoms with Gasteiger partial charge in [0.2, 0.25) is 23.6 Å². The van der Waals surface area contributed by atoms with Crippen molar-refractivity contribution in [1.82, 2.24) is 0 Å². The van der Waals surface area contributed by atoms with E-state index in [-0.39, 0.29) is 50.2 Å². The van der Waals surface area contributed by atoms with Gasteiger partial charge in [-0.3, -0.25) is 24.0 Å². The number of halogens is 1. The molecule has 1 unspecified atom stereocenters. The second-order valence-corrected chi connectivity index (χ2v) is 17.6. The van der Waals surface area contributed by atoms with Crippen molar-refractivity contribution in [3.63, 3.8) is 0 Å². The highest BCUT2D eigenvalue weighted by Crippen LogP contribution is 2.31. The molecule has 0 aliphatic heterocycles. The lowest BCUT2D eigenvalue weighted by Gasteiger charge is -2.17. The van der Waals surface area contributed by atoms with Crippen molar-refractivity contribution >= 4 is 72.0 Å². The summed E-state index contributed by atoms with van der Waals surface area (Å²) in [5, 5.41) is 28.0. The van der Waals surface area contributed by atoms with Crippen LogP contribution >= 0.6 is 0 Å². The second-order valence-electron chi connectivity index (χ2n) is 13.5. The number of benzene rings is 5. The Balaban J connectivity index is 0.000000272. The number of carbonyl (C=O) groups excluding carboxylic acids is 5. The summed E-state index contributed by atoms with van der Waals surface area (Å²) in [6.45, 7) is 6.27. The fourth-order valence-corrected chi connectivity index (χ4v) is 8.41.